The van der Waals surface area contributed by atoms with Crippen LogP contribution in [0.5, 0.6) is 0 Å². The summed E-state index contributed by atoms with van der Waals surface area (Å²) in [6.07, 6.45) is 5.69. The van der Waals surface area contributed by atoms with E-state index in [1.165, 1.54) is 0 Å². The maximum Gasteiger partial charge on any atom is 0.355 e. The maximum absolute atomic E-state index is 13.0. The van der Waals surface area contributed by atoms with Gasteiger partial charge in [0.05, 0.1) is 17.0 Å². The Kier molecular flexibility index (Phi) is 4.47. The molecule has 8 heteroatoms. The van der Waals surface area contributed by atoms with Crippen molar-refractivity contribution in [2.45, 2.75) is 37.8 Å². The quantitative estimate of drug-likeness (QED) is 0.865. The van der Waals surface area contributed by atoms with Crippen LogP contribution in [0.4, 0.5) is 10.5 Å². The number of urea groups is 1. The number of fused-ring (bicyclic) bond motifs is 1. The van der Waals surface area contributed by atoms with Crippen molar-refractivity contribution >= 4 is 40.8 Å². The van der Waals surface area contributed by atoms with Crippen LogP contribution in [0, 0.1) is 0 Å². The van der Waals surface area contributed by atoms with Crippen molar-refractivity contribution in [3.63, 3.8) is 0 Å². The van der Waals surface area contributed by atoms with Crippen LogP contribution in [0.2, 0.25) is 5.02 Å². The second-order valence-corrected chi connectivity index (χ2v) is 7.43. The van der Waals surface area contributed by atoms with E-state index in [4.69, 9.17) is 11.6 Å². The first-order chi connectivity index (χ1) is 13.0. The number of aliphatic imine (C=N–C) groups is 1. The molecular formula is C19H19ClN4O3. The van der Waals surface area contributed by atoms with E-state index in [0.717, 1.165) is 30.6 Å². The zero-order valence-corrected chi connectivity index (χ0v) is 15.6. The lowest BCUT2D eigenvalue weighted by molar-refractivity contribution is -0.120. The molecule has 1 aliphatic carbocycles. The lowest BCUT2D eigenvalue weighted by atomic mass is 10.0. The second-order valence-electron chi connectivity index (χ2n) is 7.00. The number of anilines is 1. The Hall–Kier alpha value is -2.67. The normalized spacial score (nSPS) is 22.7. The standard InChI is InChI=1S/C19H19ClN4O3/c1-23-10-14(17(25)21-12-4-2-3-5-12)15-16(23)18(26)24(19(27)22-15)13-8-6-11(20)7-9-13/h6-10,12,16H,2-5H2,1H3,(H,21,25). The zero-order chi connectivity index (χ0) is 19.1. The number of likely N-dealkylation sites (N-methyl/N-ethyl adjacent to an activating group) is 1. The molecule has 2 heterocycles. The third kappa shape index (κ3) is 3.12. The molecule has 3 aliphatic rings. The van der Waals surface area contributed by atoms with Gasteiger partial charge in [-0.25, -0.2) is 9.69 Å². The molecular weight excluding hydrogens is 368 g/mol. The molecule has 0 bridgehead atoms. The van der Waals surface area contributed by atoms with Crippen molar-refractivity contribution in [1.29, 1.82) is 0 Å². The van der Waals surface area contributed by atoms with E-state index in [1.807, 2.05) is 0 Å². The summed E-state index contributed by atoms with van der Waals surface area (Å²) in [6.45, 7) is 0. The molecule has 1 N–H and O–H groups in total. The van der Waals surface area contributed by atoms with E-state index in [0.29, 0.717) is 10.7 Å². The maximum atomic E-state index is 13.0. The predicted octanol–water partition coefficient (Wildman–Crippen LogP) is 2.50. The van der Waals surface area contributed by atoms with Crippen molar-refractivity contribution < 1.29 is 14.4 Å². The van der Waals surface area contributed by atoms with Gasteiger partial charge in [-0.1, -0.05) is 24.4 Å². The van der Waals surface area contributed by atoms with E-state index in [-0.39, 0.29) is 23.2 Å². The minimum Gasteiger partial charge on any atom is -0.363 e. The van der Waals surface area contributed by atoms with Gasteiger partial charge in [-0.2, -0.15) is 4.99 Å². The summed E-state index contributed by atoms with van der Waals surface area (Å²) in [7, 11) is 1.70. The Morgan fingerprint density at radius 1 is 1.19 bits per heavy atom. The van der Waals surface area contributed by atoms with Gasteiger partial charge in [0.1, 0.15) is 0 Å². The molecule has 7 nitrogen and oxygen atoms in total. The van der Waals surface area contributed by atoms with Crippen LogP contribution < -0.4 is 10.2 Å². The van der Waals surface area contributed by atoms with Crippen molar-refractivity contribution in [2.75, 3.05) is 11.9 Å². The number of nitrogens with one attached hydrogen (secondary N) is 1. The number of hydrogen-bond donors (Lipinski definition) is 1. The number of carbonyl (C=O) groups is 3. The van der Waals surface area contributed by atoms with E-state index in [2.05, 4.69) is 10.3 Å². The molecule has 0 radical (unpaired) electrons. The highest BCUT2D eigenvalue weighted by atomic mass is 35.5. The minimum atomic E-state index is -0.789. The molecule has 1 fully saturated rings. The summed E-state index contributed by atoms with van der Waals surface area (Å²) in [6, 6.07) is 5.04. The average Bonchev–Trinajstić information content (AvgIpc) is 3.24. The summed E-state index contributed by atoms with van der Waals surface area (Å²) < 4.78 is 0. The molecule has 1 unspecified atom stereocenters. The summed E-state index contributed by atoms with van der Waals surface area (Å²) >= 11 is 5.88. The molecule has 1 aromatic carbocycles. The number of halogens is 1. The van der Waals surface area contributed by atoms with Gasteiger partial charge in [-0.15, -0.1) is 0 Å². The van der Waals surface area contributed by atoms with Crippen LogP contribution in [-0.2, 0) is 9.59 Å². The highest BCUT2D eigenvalue weighted by Crippen LogP contribution is 2.29. The summed E-state index contributed by atoms with van der Waals surface area (Å²) in [5.41, 5.74) is 0.898. The molecule has 2 aliphatic heterocycles. The lowest BCUT2D eigenvalue weighted by Gasteiger charge is -2.30. The second kappa shape index (κ2) is 6.81. The van der Waals surface area contributed by atoms with E-state index in [1.54, 1.807) is 42.4 Å². The van der Waals surface area contributed by atoms with Crippen molar-refractivity contribution in [1.82, 2.24) is 10.2 Å². The van der Waals surface area contributed by atoms with Crippen LogP contribution in [0.1, 0.15) is 25.7 Å². The van der Waals surface area contributed by atoms with Crippen LogP contribution in [0.25, 0.3) is 0 Å². The van der Waals surface area contributed by atoms with Crippen LogP contribution >= 0.6 is 11.6 Å². The Bertz CT molecular complexity index is 871. The number of nitrogens with zero attached hydrogens (tertiary/aromatic N) is 3. The van der Waals surface area contributed by atoms with E-state index >= 15 is 0 Å². The van der Waals surface area contributed by atoms with Gasteiger partial charge in [0.15, 0.2) is 6.04 Å². The largest absolute Gasteiger partial charge is 0.363 e. The number of amides is 4. The van der Waals surface area contributed by atoms with Crippen LogP contribution in [0.3, 0.4) is 0 Å². The molecule has 27 heavy (non-hydrogen) atoms. The van der Waals surface area contributed by atoms with Gasteiger partial charge in [-0.3, -0.25) is 9.59 Å². The van der Waals surface area contributed by atoms with Gasteiger partial charge < -0.3 is 10.2 Å². The molecule has 1 atom stereocenters. The minimum absolute atomic E-state index is 0.143. The smallest absolute Gasteiger partial charge is 0.355 e. The number of carbonyl (C=O) groups excluding carboxylic acids is 3. The molecule has 4 amide bonds. The van der Waals surface area contributed by atoms with Crippen molar-refractivity contribution in [3.05, 3.63) is 41.1 Å². The van der Waals surface area contributed by atoms with Gasteiger partial charge in [0, 0.05) is 24.3 Å². The first kappa shape index (κ1) is 17.7. The lowest BCUT2D eigenvalue weighted by Crippen LogP contribution is -2.54. The Morgan fingerprint density at radius 2 is 1.85 bits per heavy atom. The number of hydrogen-bond acceptors (Lipinski definition) is 4. The number of rotatable bonds is 3. The topological polar surface area (TPSA) is 82.1 Å². The average molecular weight is 387 g/mol. The highest BCUT2D eigenvalue weighted by Gasteiger charge is 2.46. The third-order valence-corrected chi connectivity index (χ3v) is 5.41. The number of benzene rings is 1. The zero-order valence-electron chi connectivity index (χ0n) is 14.8. The van der Waals surface area contributed by atoms with E-state index in [9.17, 15) is 14.4 Å². The SMILES string of the molecule is CN1C=C(C(=O)NC2CCCC2)C2=NC(=O)N(c3ccc(Cl)cc3)C(=O)C21. The number of imide groups is 1. The van der Waals surface area contributed by atoms with E-state index < -0.39 is 18.0 Å². The molecule has 0 aromatic heterocycles. The monoisotopic (exact) mass is 386 g/mol. The fourth-order valence-corrected chi connectivity index (χ4v) is 3.93. The van der Waals surface area contributed by atoms with Crippen LogP contribution in [0.15, 0.2) is 41.0 Å². The van der Waals surface area contributed by atoms with Crippen molar-refractivity contribution in [2.24, 2.45) is 4.99 Å². The molecule has 0 spiro atoms. The molecule has 140 valence electrons. The Morgan fingerprint density at radius 3 is 2.52 bits per heavy atom. The summed E-state index contributed by atoms with van der Waals surface area (Å²) in [5.74, 6) is -0.717. The van der Waals surface area contributed by atoms with Gasteiger partial charge in [0.25, 0.3) is 11.8 Å². The van der Waals surface area contributed by atoms with Gasteiger partial charge in [-0.05, 0) is 37.1 Å². The first-order valence-electron chi connectivity index (χ1n) is 8.93. The molecule has 4 rings (SSSR count). The van der Waals surface area contributed by atoms with Gasteiger partial charge in [0.2, 0.25) is 0 Å². The summed E-state index contributed by atoms with van der Waals surface area (Å²) in [4.78, 5) is 45.0. The Balaban J connectivity index is 1.61. The molecule has 1 saturated carbocycles. The fraction of sp³-hybridized carbons (Fsp3) is 0.368. The van der Waals surface area contributed by atoms with Gasteiger partial charge >= 0.3 is 6.03 Å². The first-order valence-corrected chi connectivity index (χ1v) is 9.30. The summed E-state index contributed by atoms with van der Waals surface area (Å²) in [5, 5.41) is 3.49. The molecule has 0 saturated heterocycles. The predicted molar refractivity (Wildman–Crippen MR) is 102 cm³/mol. The highest BCUT2D eigenvalue weighted by molar-refractivity contribution is 6.39. The Labute approximate surface area is 161 Å². The third-order valence-electron chi connectivity index (χ3n) is 5.16. The van der Waals surface area contributed by atoms with Crippen molar-refractivity contribution in [3.8, 4) is 0 Å². The van der Waals surface area contributed by atoms with Crippen LogP contribution in [-0.4, -0.2) is 47.6 Å². The fourth-order valence-electron chi connectivity index (χ4n) is 3.80. The molecule has 1 aromatic rings.